The number of methoxy groups -OCH3 is 2. The Kier molecular flexibility index (Phi) is 8.78. The SMILES string of the molecule is CCN(c1ccccc1)S(=O)(=O)c1ccc(Cl)c(C(=O)OCC(=O)Nc2cc(OC)cc(OC)c2)c1. The highest BCUT2D eigenvalue weighted by molar-refractivity contribution is 7.92. The number of sulfonamides is 1. The summed E-state index contributed by atoms with van der Waals surface area (Å²) in [5, 5.41) is 2.56. The number of anilines is 2. The van der Waals surface area contributed by atoms with Crippen molar-refractivity contribution in [1.29, 1.82) is 0 Å². The van der Waals surface area contributed by atoms with Gasteiger partial charge in [-0.05, 0) is 37.3 Å². The number of carbonyl (C=O) groups is 2. The average Bonchev–Trinajstić information content (AvgIpc) is 2.88. The van der Waals surface area contributed by atoms with Crippen LogP contribution in [0.15, 0.2) is 71.6 Å². The largest absolute Gasteiger partial charge is 0.497 e. The fourth-order valence-corrected chi connectivity index (χ4v) is 5.01. The van der Waals surface area contributed by atoms with E-state index in [2.05, 4.69) is 5.32 Å². The van der Waals surface area contributed by atoms with Gasteiger partial charge in [0.1, 0.15) is 11.5 Å². The molecule has 0 aliphatic carbocycles. The first-order valence-electron chi connectivity index (χ1n) is 10.8. The van der Waals surface area contributed by atoms with E-state index in [4.69, 9.17) is 25.8 Å². The molecule has 190 valence electrons. The number of carbonyl (C=O) groups excluding carboxylic acids is 2. The van der Waals surface area contributed by atoms with Crippen LogP contribution in [0, 0.1) is 0 Å². The first kappa shape index (κ1) is 26.8. The van der Waals surface area contributed by atoms with Gasteiger partial charge in [0.05, 0.1) is 35.4 Å². The van der Waals surface area contributed by atoms with Crippen LogP contribution in [0.5, 0.6) is 11.5 Å². The number of nitrogens with one attached hydrogen (secondary N) is 1. The van der Waals surface area contributed by atoms with Gasteiger partial charge in [0.2, 0.25) is 0 Å². The van der Waals surface area contributed by atoms with E-state index in [1.165, 1.54) is 30.7 Å². The Balaban J connectivity index is 1.75. The molecule has 0 fully saturated rings. The predicted molar refractivity (Wildman–Crippen MR) is 137 cm³/mol. The number of rotatable bonds is 10. The highest BCUT2D eigenvalue weighted by atomic mass is 35.5. The lowest BCUT2D eigenvalue weighted by Gasteiger charge is -2.23. The summed E-state index contributed by atoms with van der Waals surface area (Å²) in [7, 11) is -1.05. The molecule has 3 aromatic rings. The van der Waals surface area contributed by atoms with E-state index < -0.39 is 28.5 Å². The minimum Gasteiger partial charge on any atom is -0.497 e. The number of nitrogens with zero attached hydrogens (tertiary/aromatic N) is 1. The lowest BCUT2D eigenvalue weighted by Crippen LogP contribution is -2.31. The van der Waals surface area contributed by atoms with Crippen molar-refractivity contribution in [3.8, 4) is 11.5 Å². The molecule has 3 rings (SSSR count). The van der Waals surface area contributed by atoms with Crippen LogP contribution in [0.4, 0.5) is 11.4 Å². The molecule has 0 radical (unpaired) electrons. The number of esters is 1. The van der Waals surface area contributed by atoms with Crippen molar-refractivity contribution in [3.05, 3.63) is 77.3 Å². The molecule has 0 spiro atoms. The predicted octanol–water partition coefficient (Wildman–Crippen LogP) is 4.37. The van der Waals surface area contributed by atoms with Crippen molar-refractivity contribution in [2.75, 3.05) is 37.0 Å². The monoisotopic (exact) mass is 532 g/mol. The van der Waals surface area contributed by atoms with Gasteiger partial charge in [-0.2, -0.15) is 0 Å². The minimum atomic E-state index is -4.00. The fraction of sp³-hybridized carbons (Fsp3) is 0.200. The quantitative estimate of drug-likeness (QED) is 0.386. The summed E-state index contributed by atoms with van der Waals surface area (Å²) in [5.41, 5.74) is 0.668. The second-order valence-electron chi connectivity index (χ2n) is 7.37. The Labute approximate surface area is 214 Å². The molecular weight excluding hydrogens is 508 g/mol. The van der Waals surface area contributed by atoms with Crippen LogP contribution in [-0.4, -0.2) is 47.7 Å². The van der Waals surface area contributed by atoms with Gasteiger partial charge in [-0.15, -0.1) is 0 Å². The summed E-state index contributed by atoms with van der Waals surface area (Å²) in [5.74, 6) is -0.649. The van der Waals surface area contributed by atoms with Crippen LogP contribution in [0.25, 0.3) is 0 Å². The van der Waals surface area contributed by atoms with Crippen LogP contribution < -0.4 is 19.1 Å². The highest BCUT2D eigenvalue weighted by Gasteiger charge is 2.26. The van der Waals surface area contributed by atoms with Gasteiger partial charge in [-0.25, -0.2) is 13.2 Å². The maximum absolute atomic E-state index is 13.3. The number of para-hydroxylation sites is 1. The molecule has 0 aromatic heterocycles. The van der Waals surface area contributed by atoms with E-state index in [0.717, 1.165) is 6.07 Å². The number of benzene rings is 3. The zero-order valence-corrected chi connectivity index (χ0v) is 21.4. The Morgan fingerprint density at radius 1 is 0.944 bits per heavy atom. The molecule has 36 heavy (non-hydrogen) atoms. The third-order valence-corrected chi connectivity index (χ3v) is 7.28. The van der Waals surface area contributed by atoms with E-state index in [9.17, 15) is 18.0 Å². The van der Waals surface area contributed by atoms with E-state index in [-0.39, 0.29) is 22.0 Å². The van der Waals surface area contributed by atoms with E-state index >= 15 is 0 Å². The van der Waals surface area contributed by atoms with Crippen molar-refractivity contribution in [3.63, 3.8) is 0 Å². The standard InChI is InChI=1S/C25H25ClN2O7S/c1-4-28(18-8-6-5-7-9-18)36(31,32)21-10-11-23(26)22(15-21)25(30)35-16-24(29)27-17-12-19(33-2)14-20(13-17)34-3/h5-15H,4,16H2,1-3H3,(H,27,29). The van der Waals surface area contributed by atoms with Crippen molar-refractivity contribution in [1.82, 2.24) is 0 Å². The third-order valence-electron chi connectivity index (χ3n) is 5.05. The molecule has 0 unspecified atom stereocenters. The molecule has 0 aliphatic heterocycles. The fourth-order valence-electron chi connectivity index (χ4n) is 3.32. The average molecular weight is 533 g/mol. The maximum Gasteiger partial charge on any atom is 0.340 e. The Hall–Kier alpha value is -3.76. The normalized spacial score (nSPS) is 10.9. The maximum atomic E-state index is 13.3. The van der Waals surface area contributed by atoms with Crippen LogP contribution in [-0.2, 0) is 19.6 Å². The van der Waals surface area contributed by atoms with Gasteiger partial charge in [0.25, 0.3) is 15.9 Å². The topological polar surface area (TPSA) is 111 Å². The van der Waals surface area contributed by atoms with Gasteiger partial charge in [0, 0.05) is 30.4 Å². The molecule has 0 aliphatic rings. The minimum absolute atomic E-state index is 0.0142. The molecular formula is C25H25ClN2O7S. The van der Waals surface area contributed by atoms with E-state index in [0.29, 0.717) is 22.9 Å². The molecule has 0 heterocycles. The van der Waals surface area contributed by atoms with Crippen molar-refractivity contribution in [2.24, 2.45) is 0 Å². The molecule has 3 aromatic carbocycles. The van der Waals surface area contributed by atoms with Crippen LogP contribution in [0.3, 0.4) is 0 Å². The van der Waals surface area contributed by atoms with Crippen LogP contribution in [0.1, 0.15) is 17.3 Å². The van der Waals surface area contributed by atoms with Crippen molar-refractivity contribution < 1.29 is 32.2 Å². The molecule has 0 saturated carbocycles. The number of hydrogen-bond acceptors (Lipinski definition) is 7. The van der Waals surface area contributed by atoms with Gasteiger partial charge in [0.15, 0.2) is 6.61 Å². The molecule has 9 nitrogen and oxygen atoms in total. The smallest absolute Gasteiger partial charge is 0.340 e. The summed E-state index contributed by atoms with van der Waals surface area (Å²) in [4.78, 5) is 24.9. The lowest BCUT2D eigenvalue weighted by molar-refractivity contribution is -0.119. The molecule has 0 atom stereocenters. The third kappa shape index (κ3) is 6.27. The Morgan fingerprint density at radius 2 is 1.58 bits per heavy atom. The summed E-state index contributed by atoms with van der Waals surface area (Å²) < 4.78 is 43.2. The van der Waals surface area contributed by atoms with Crippen molar-refractivity contribution >= 4 is 44.9 Å². The summed E-state index contributed by atoms with van der Waals surface area (Å²) in [6.07, 6.45) is 0. The Morgan fingerprint density at radius 3 is 2.17 bits per heavy atom. The van der Waals surface area contributed by atoms with Gasteiger partial charge >= 0.3 is 5.97 Å². The van der Waals surface area contributed by atoms with Gasteiger partial charge in [-0.3, -0.25) is 9.10 Å². The molecule has 1 amide bonds. The first-order chi connectivity index (χ1) is 17.2. The summed E-state index contributed by atoms with van der Waals surface area (Å²) in [6, 6.07) is 17.1. The van der Waals surface area contributed by atoms with Gasteiger partial charge < -0.3 is 19.5 Å². The van der Waals surface area contributed by atoms with Gasteiger partial charge in [-0.1, -0.05) is 29.8 Å². The summed E-state index contributed by atoms with van der Waals surface area (Å²) >= 11 is 6.15. The first-order valence-corrected chi connectivity index (χ1v) is 12.6. The zero-order valence-electron chi connectivity index (χ0n) is 19.9. The number of halogens is 1. The molecule has 11 heteroatoms. The molecule has 1 N–H and O–H groups in total. The summed E-state index contributed by atoms with van der Waals surface area (Å²) in [6.45, 7) is 1.24. The second kappa shape index (κ2) is 11.8. The highest BCUT2D eigenvalue weighted by Crippen LogP contribution is 2.28. The zero-order chi connectivity index (χ0) is 26.3. The Bertz CT molecular complexity index is 1330. The second-order valence-corrected chi connectivity index (χ2v) is 9.64. The van der Waals surface area contributed by atoms with Crippen LogP contribution >= 0.6 is 11.6 Å². The van der Waals surface area contributed by atoms with Crippen LogP contribution in [0.2, 0.25) is 5.02 Å². The number of ether oxygens (including phenoxy) is 3. The molecule has 0 saturated heterocycles. The van der Waals surface area contributed by atoms with E-state index in [1.54, 1.807) is 55.5 Å². The van der Waals surface area contributed by atoms with E-state index in [1.807, 2.05) is 0 Å². The number of hydrogen-bond donors (Lipinski definition) is 1. The molecule has 0 bridgehead atoms. The number of amides is 1. The van der Waals surface area contributed by atoms with Crippen molar-refractivity contribution in [2.45, 2.75) is 11.8 Å². The lowest BCUT2D eigenvalue weighted by atomic mass is 10.2.